The van der Waals surface area contributed by atoms with Crippen LogP contribution in [0.5, 0.6) is 0 Å². The number of pyridine rings is 2. The van der Waals surface area contributed by atoms with Crippen LogP contribution in [0.15, 0.2) is 373 Å². The molecule has 670 valence electrons. The fourth-order valence-electron chi connectivity index (χ4n) is 16.6. The molecule has 0 aliphatic carbocycles. The van der Waals surface area contributed by atoms with E-state index in [1.54, 1.807) is 48.8 Å². The van der Waals surface area contributed by atoms with E-state index in [-0.39, 0.29) is 29.1 Å². The fraction of sp³-hybridized carbons (Fsp3) is 0.0714. The fourth-order valence-corrected chi connectivity index (χ4v) is 16.8. The molecule has 14 aromatic carbocycles. The molecular formula is C112H72BClF8N12O4. The molecule has 0 saturated carbocycles. The van der Waals surface area contributed by atoms with Crippen molar-refractivity contribution in [2.24, 2.45) is 0 Å². The van der Waals surface area contributed by atoms with Crippen LogP contribution >= 0.6 is 11.6 Å². The number of hydrogen-bond donors (Lipinski definition) is 0. The van der Waals surface area contributed by atoms with Crippen molar-refractivity contribution < 1.29 is 53.3 Å². The van der Waals surface area contributed by atoms with Crippen molar-refractivity contribution in [3.8, 4) is 147 Å². The predicted octanol–water partition coefficient (Wildman–Crippen LogP) is 28.8. The minimum atomic E-state index is -4.50. The molecule has 0 atom stereocenters. The zero-order chi connectivity index (χ0) is 94.7. The van der Waals surface area contributed by atoms with Gasteiger partial charge in [-0.25, -0.2) is 58.6 Å². The third-order valence-electron chi connectivity index (χ3n) is 24.4. The summed E-state index contributed by atoms with van der Waals surface area (Å²) in [6, 6.07) is 102. The van der Waals surface area contributed by atoms with Crippen molar-refractivity contribution in [1.82, 2.24) is 59.8 Å². The second kappa shape index (κ2) is 36.0. The van der Waals surface area contributed by atoms with Gasteiger partial charge in [-0.15, -0.1) is 0 Å². The predicted molar refractivity (Wildman–Crippen MR) is 524 cm³/mol. The van der Waals surface area contributed by atoms with Gasteiger partial charge in [0.1, 0.15) is 34.0 Å². The summed E-state index contributed by atoms with van der Waals surface area (Å²) in [4.78, 5) is 56.6. The van der Waals surface area contributed by atoms with Gasteiger partial charge in [-0.3, -0.25) is 9.97 Å². The van der Waals surface area contributed by atoms with Crippen LogP contribution in [0.2, 0.25) is 5.02 Å². The van der Waals surface area contributed by atoms with Crippen molar-refractivity contribution in [2.75, 3.05) is 0 Å². The lowest BCUT2D eigenvalue weighted by Gasteiger charge is -2.32. The molecule has 1 fully saturated rings. The summed E-state index contributed by atoms with van der Waals surface area (Å²) in [6.45, 7) is 8.26. The molecule has 23 rings (SSSR count). The van der Waals surface area contributed by atoms with Crippen LogP contribution in [0, 0.1) is 11.6 Å². The maximum atomic E-state index is 13.9. The molecule has 138 heavy (non-hydrogen) atoms. The Morgan fingerprint density at radius 3 is 1.11 bits per heavy atom. The number of hydrogen-bond acceptors (Lipinski definition) is 16. The minimum absolute atomic E-state index is 0.169. The Hall–Kier alpha value is -16.6. The number of fused-ring (bicyclic) bond motifs is 10. The van der Waals surface area contributed by atoms with Gasteiger partial charge in [0, 0.05) is 101 Å². The number of furan rings is 2. The SMILES string of the molecule is CC1(C)OB(c2cccc(-c3cc(-c4cccnc4)nc(-c4ccc5oc6ccc7ccccc7c6c5c4)n3)c2)OC1(C)C.Fc1ccc(-c2nc(-c3ccc(C(F)(F)F)cc3)nc(-c3cccc(-c4cccc(-c5cc(-c6ccccn6)nc(-c6ccc7oc8ccc9ccccc9c8c7c6)n5)c4)c3)n2)cc1.Fc1ccc(-c2nc(-c3ccc(C(F)(F)F)cc3)nc(-c3cccc(Cl)c3)n2)cc1. The largest absolute Gasteiger partial charge is 0.494 e. The molecule has 1 aliphatic heterocycles. The number of nitrogens with zero attached hydrogens (tertiary/aromatic N) is 12. The van der Waals surface area contributed by atoms with Gasteiger partial charge >= 0.3 is 19.5 Å². The molecule has 1 saturated heterocycles. The molecule has 0 unspecified atom stereocenters. The van der Waals surface area contributed by atoms with E-state index in [1.165, 1.54) is 66.0 Å². The molecular weight excluding hydrogens is 1780 g/mol. The second-order valence-electron chi connectivity index (χ2n) is 34.0. The lowest BCUT2D eigenvalue weighted by atomic mass is 9.78. The Morgan fingerprint density at radius 2 is 0.645 bits per heavy atom. The number of aromatic nitrogens is 12. The summed E-state index contributed by atoms with van der Waals surface area (Å²) in [7, 11) is -0.467. The van der Waals surface area contributed by atoms with E-state index in [0.717, 1.165) is 140 Å². The van der Waals surface area contributed by atoms with Gasteiger partial charge in [0.15, 0.2) is 46.6 Å². The van der Waals surface area contributed by atoms with Gasteiger partial charge in [0.05, 0.1) is 50.8 Å². The summed E-state index contributed by atoms with van der Waals surface area (Å²) in [6.07, 6.45) is -3.61. The third-order valence-corrected chi connectivity index (χ3v) is 24.6. The second-order valence-corrected chi connectivity index (χ2v) is 34.4. The average molecular weight is 1850 g/mol. The lowest BCUT2D eigenvalue weighted by molar-refractivity contribution is -0.138. The van der Waals surface area contributed by atoms with Gasteiger partial charge in [-0.1, -0.05) is 175 Å². The molecule has 1 aliphatic rings. The number of rotatable bonds is 14. The first-order valence-corrected chi connectivity index (χ1v) is 44.2. The highest BCUT2D eigenvalue weighted by Crippen LogP contribution is 2.44. The lowest BCUT2D eigenvalue weighted by Crippen LogP contribution is -2.41. The maximum Gasteiger partial charge on any atom is 0.494 e. The highest BCUT2D eigenvalue weighted by molar-refractivity contribution is 6.62. The van der Waals surface area contributed by atoms with Crippen molar-refractivity contribution in [2.45, 2.75) is 51.2 Å². The molecule has 26 heteroatoms. The van der Waals surface area contributed by atoms with Crippen molar-refractivity contribution in [3.05, 3.63) is 392 Å². The summed E-state index contributed by atoms with van der Waals surface area (Å²) >= 11 is 6.07. The Bertz CT molecular complexity index is 8420. The van der Waals surface area contributed by atoms with Gasteiger partial charge in [0.25, 0.3) is 0 Å². The zero-order valence-electron chi connectivity index (χ0n) is 73.6. The smallest absolute Gasteiger partial charge is 0.456 e. The first-order valence-electron chi connectivity index (χ1n) is 43.9. The van der Waals surface area contributed by atoms with E-state index in [0.29, 0.717) is 73.0 Å². The molecule has 0 amide bonds. The normalized spacial score (nSPS) is 13.0. The minimum Gasteiger partial charge on any atom is -0.456 e. The van der Waals surface area contributed by atoms with Crippen molar-refractivity contribution in [3.63, 3.8) is 0 Å². The molecule has 22 aromatic rings. The zero-order valence-corrected chi connectivity index (χ0v) is 74.4. The molecule has 9 heterocycles. The number of halogens is 9. The van der Waals surface area contributed by atoms with E-state index in [4.69, 9.17) is 59.6 Å². The van der Waals surface area contributed by atoms with E-state index in [2.05, 4.69) is 136 Å². The van der Waals surface area contributed by atoms with E-state index < -0.39 is 53.4 Å². The Kier molecular flexibility index (Phi) is 22.9. The summed E-state index contributed by atoms with van der Waals surface area (Å²) in [5, 5.41) is 9.16. The van der Waals surface area contributed by atoms with Crippen LogP contribution in [0.4, 0.5) is 35.1 Å². The molecule has 0 spiro atoms. The third kappa shape index (κ3) is 18.1. The van der Waals surface area contributed by atoms with Crippen LogP contribution in [-0.2, 0) is 21.7 Å². The van der Waals surface area contributed by atoms with Crippen LogP contribution in [-0.4, -0.2) is 78.1 Å². The molecule has 0 radical (unpaired) electrons. The Morgan fingerprint density at radius 1 is 0.275 bits per heavy atom. The highest BCUT2D eigenvalue weighted by Gasteiger charge is 2.52. The van der Waals surface area contributed by atoms with Crippen molar-refractivity contribution >= 4 is 89.6 Å². The highest BCUT2D eigenvalue weighted by atomic mass is 35.5. The molecule has 0 bridgehead atoms. The molecule has 8 aromatic heterocycles. The average Bonchev–Trinajstić information content (AvgIpc) is 1.60. The number of alkyl halides is 6. The molecule has 0 N–H and O–H groups in total. The maximum absolute atomic E-state index is 13.9. The van der Waals surface area contributed by atoms with Crippen LogP contribution in [0.25, 0.3) is 213 Å². The summed E-state index contributed by atoms with van der Waals surface area (Å²) in [5.74, 6) is 1.75. The van der Waals surface area contributed by atoms with Gasteiger partial charge in [-0.05, 0) is 253 Å². The standard InChI is InChI=1S/C53H30F4N6O.C37H30BN3O3.C22H12ClF4N3/c54-40-22-16-33(17-23-40)50-61-49(32-14-20-39(21-15-32)53(55,56)57)62-52(63-50)37-11-6-9-35(28-37)34-8-5-10-36(27-34)44-30-45(43-13-3-4-26-58-43)60-51(59-44)38-19-24-46-42(29-38)48-41-12-2-1-7-31(41)18-25-47(48)64-46;1-36(2)37(3,4)44-38(43-36)27-12-7-10-24(19-27)30-21-31(26-11-8-18-39-22-26)41-35(40-30)25-15-16-32-29(20-25)34-28-13-6-5-9-23(28)14-17-33(34)42-32;23-17-3-1-2-15(12-17)21-29-19(13-4-8-16(9-5-13)22(25,26)27)28-20(30-21)14-6-10-18(24)11-7-14/h1-30H;5-22H,1-4H3;1-12H. The number of benzene rings is 14. The van der Waals surface area contributed by atoms with Gasteiger partial charge in [0.2, 0.25) is 0 Å². The Labute approximate surface area is 788 Å². The first-order chi connectivity index (χ1) is 66.7. The van der Waals surface area contributed by atoms with E-state index in [9.17, 15) is 35.1 Å². The van der Waals surface area contributed by atoms with E-state index in [1.807, 2.05) is 152 Å². The van der Waals surface area contributed by atoms with Gasteiger partial charge < -0.3 is 18.1 Å². The summed E-state index contributed by atoms with van der Waals surface area (Å²) in [5.41, 5.74) is 14.7. The quantitative estimate of drug-likeness (QED) is 0.0735. The van der Waals surface area contributed by atoms with Crippen molar-refractivity contribution in [1.29, 1.82) is 0 Å². The topological polar surface area (TPSA) is 199 Å². The van der Waals surface area contributed by atoms with Crippen LogP contribution < -0.4 is 5.46 Å². The van der Waals surface area contributed by atoms with Crippen LogP contribution in [0.3, 0.4) is 0 Å². The first kappa shape index (κ1) is 88.0. The monoisotopic (exact) mass is 1850 g/mol. The molecule has 16 nitrogen and oxygen atoms in total. The summed E-state index contributed by atoms with van der Waals surface area (Å²) < 4.78 is 131. The van der Waals surface area contributed by atoms with Gasteiger partial charge in [-0.2, -0.15) is 26.3 Å². The Balaban J connectivity index is 0.000000133. The van der Waals surface area contributed by atoms with E-state index >= 15 is 0 Å². The van der Waals surface area contributed by atoms with Crippen LogP contribution in [0.1, 0.15) is 38.8 Å².